The summed E-state index contributed by atoms with van der Waals surface area (Å²) in [7, 11) is -4.53. The molecule has 0 fully saturated rings. The summed E-state index contributed by atoms with van der Waals surface area (Å²) in [6.07, 6.45) is 11.4. The Labute approximate surface area is 174 Å². The Balaban J connectivity index is 1.95. The van der Waals surface area contributed by atoms with Crippen molar-refractivity contribution in [3.63, 3.8) is 0 Å². The van der Waals surface area contributed by atoms with Crippen molar-refractivity contribution in [1.82, 2.24) is 0 Å². The van der Waals surface area contributed by atoms with Crippen molar-refractivity contribution in [2.24, 2.45) is 0 Å². The minimum absolute atomic E-state index is 0.255. The molecule has 0 heterocycles. The molecule has 5 nitrogen and oxygen atoms in total. The number of aromatic hydroxyl groups is 1. The molecule has 0 atom stereocenters. The number of hydrogen-bond acceptors (Lipinski definition) is 4. The van der Waals surface area contributed by atoms with Crippen molar-refractivity contribution in [2.75, 3.05) is 0 Å². The molecule has 0 amide bonds. The van der Waals surface area contributed by atoms with Crippen LogP contribution in [0.3, 0.4) is 0 Å². The van der Waals surface area contributed by atoms with Crippen LogP contribution in [-0.4, -0.2) is 18.1 Å². The molecule has 0 saturated carbocycles. The fourth-order valence-corrected chi connectivity index (χ4v) is 4.01. The topological polar surface area (TPSA) is 83.8 Å². The minimum atomic E-state index is -4.53. The van der Waals surface area contributed by atoms with Gasteiger partial charge in [-0.25, -0.2) is 0 Å². The van der Waals surface area contributed by atoms with Crippen molar-refractivity contribution < 1.29 is 22.8 Å². The molecule has 0 unspecified atom stereocenters. The van der Waals surface area contributed by atoms with E-state index in [9.17, 15) is 18.1 Å². The Morgan fingerprint density at radius 3 is 2.03 bits per heavy atom. The lowest BCUT2D eigenvalue weighted by Gasteiger charge is -2.13. The van der Waals surface area contributed by atoms with E-state index in [0.29, 0.717) is 17.7 Å². The zero-order valence-corrected chi connectivity index (χ0v) is 18.0. The van der Waals surface area contributed by atoms with Crippen molar-refractivity contribution >= 4 is 10.1 Å². The van der Waals surface area contributed by atoms with E-state index in [1.54, 1.807) is 30.3 Å². The first-order chi connectivity index (χ1) is 13.9. The van der Waals surface area contributed by atoms with E-state index in [4.69, 9.17) is 4.74 Å². The Kier molecular flexibility index (Phi) is 9.48. The third kappa shape index (κ3) is 8.07. The molecule has 0 spiro atoms. The van der Waals surface area contributed by atoms with Crippen LogP contribution in [0.5, 0.6) is 17.2 Å². The van der Waals surface area contributed by atoms with Gasteiger partial charge in [0.1, 0.15) is 10.6 Å². The molecular formula is C23H32O5S. The van der Waals surface area contributed by atoms with Crippen LogP contribution in [0.4, 0.5) is 0 Å². The Hall–Kier alpha value is -2.05. The van der Waals surface area contributed by atoms with Crippen molar-refractivity contribution in [1.29, 1.82) is 0 Å². The summed E-state index contributed by atoms with van der Waals surface area (Å²) in [5.41, 5.74) is 0.665. The quantitative estimate of drug-likeness (QED) is 0.285. The summed E-state index contributed by atoms with van der Waals surface area (Å²) < 4.78 is 38.8. The van der Waals surface area contributed by atoms with Gasteiger partial charge < -0.3 is 9.84 Å². The molecule has 0 bridgehead atoms. The van der Waals surface area contributed by atoms with Crippen LogP contribution in [0.15, 0.2) is 47.4 Å². The molecule has 0 saturated heterocycles. The number of para-hydroxylation sites is 1. The van der Waals surface area contributed by atoms with Gasteiger partial charge in [0.05, 0.1) is 0 Å². The number of aryl methyl sites for hydroxylation is 1. The molecule has 0 radical (unpaired) electrons. The van der Waals surface area contributed by atoms with E-state index < -0.39 is 15.0 Å². The van der Waals surface area contributed by atoms with Gasteiger partial charge in [-0.15, -0.1) is 0 Å². The highest BCUT2D eigenvalue weighted by Crippen LogP contribution is 2.38. The molecule has 0 aliphatic heterocycles. The van der Waals surface area contributed by atoms with E-state index >= 15 is 0 Å². The van der Waals surface area contributed by atoms with Crippen LogP contribution in [0.1, 0.15) is 70.3 Å². The zero-order chi connectivity index (χ0) is 21.1. The van der Waals surface area contributed by atoms with E-state index in [0.717, 1.165) is 19.3 Å². The van der Waals surface area contributed by atoms with E-state index in [1.165, 1.54) is 50.7 Å². The Bertz CT molecular complexity index is 847. The first-order valence-electron chi connectivity index (χ1n) is 10.5. The smallest absolute Gasteiger partial charge is 0.298 e. The lowest BCUT2D eigenvalue weighted by molar-refractivity contribution is 0.396. The molecule has 0 aromatic heterocycles. The highest BCUT2D eigenvalue weighted by atomic mass is 32.2. The van der Waals surface area contributed by atoms with Gasteiger partial charge in [0.15, 0.2) is 11.5 Å². The molecule has 2 aromatic rings. The third-order valence-corrected chi connectivity index (χ3v) is 5.76. The second kappa shape index (κ2) is 11.8. The van der Waals surface area contributed by atoms with Crippen molar-refractivity contribution in [3.8, 4) is 17.2 Å². The van der Waals surface area contributed by atoms with Gasteiger partial charge in [0, 0.05) is 0 Å². The number of phenols is 1. The second-order valence-corrected chi connectivity index (χ2v) is 8.80. The summed E-state index contributed by atoms with van der Waals surface area (Å²) in [6, 6.07) is 11.4. The van der Waals surface area contributed by atoms with Crippen LogP contribution >= 0.6 is 0 Å². The van der Waals surface area contributed by atoms with Gasteiger partial charge in [-0.2, -0.15) is 8.42 Å². The number of ether oxygens (including phenoxy) is 1. The van der Waals surface area contributed by atoms with Crippen LogP contribution < -0.4 is 4.74 Å². The zero-order valence-electron chi connectivity index (χ0n) is 17.1. The van der Waals surface area contributed by atoms with Gasteiger partial charge >= 0.3 is 0 Å². The van der Waals surface area contributed by atoms with Crippen LogP contribution in [0.2, 0.25) is 0 Å². The Morgan fingerprint density at radius 2 is 1.45 bits per heavy atom. The van der Waals surface area contributed by atoms with Gasteiger partial charge in [0.2, 0.25) is 0 Å². The first-order valence-corrected chi connectivity index (χ1v) is 11.9. The molecule has 0 aliphatic carbocycles. The number of unbranched alkanes of at least 4 members (excludes halogenated alkanes) is 8. The summed E-state index contributed by atoms with van der Waals surface area (Å²) >= 11 is 0. The highest BCUT2D eigenvalue weighted by Gasteiger charge is 2.22. The normalized spacial score (nSPS) is 11.5. The Morgan fingerprint density at radius 1 is 0.862 bits per heavy atom. The minimum Gasteiger partial charge on any atom is -0.504 e. The average Bonchev–Trinajstić information content (AvgIpc) is 2.68. The predicted molar refractivity (Wildman–Crippen MR) is 115 cm³/mol. The molecule has 160 valence electrons. The van der Waals surface area contributed by atoms with Crippen LogP contribution in [0, 0.1) is 0 Å². The lowest BCUT2D eigenvalue weighted by atomic mass is 10.0. The van der Waals surface area contributed by atoms with Crippen molar-refractivity contribution in [3.05, 3.63) is 48.0 Å². The maximum Gasteiger partial charge on any atom is 0.298 e. The highest BCUT2D eigenvalue weighted by molar-refractivity contribution is 7.86. The van der Waals surface area contributed by atoms with E-state index in [2.05, 4.69) is 6.92 Å². The first kappa shape index (κ1) is 23.2. The molecule has 2 rings (SSSR count). The summed E-state index contributed by atoms with van der Waals surface area (Å²) in [6.45, 7) is 2.21. The molecule has 2 aromatic carbocycles. The number of hydrogen-bond donors (Lipinski definition) is 2. The predicted octanol–water partition coefficient (Wildman–Crippen LogP) is 6.50. The number of rotatable bonds is 13. The van der Waals surface area contributed by atoms with Gasteiger partial charge in [-0.1, -0.05) is 76.5 Å². The molecule has 2 N–H and O–H groups in total. The molecular weight excluding hydrogens is 388 g/mol. The average molecular weight is 421 g/mol. The van der Waals surface area contributed by atoms with Crippen LogP contribution in [0.25, 0.3) is 0 Å². The number of benzene rings is 2. The summed E-state index contributed by atoms with van der Waals surface area (Å²) in [4.78, 5) is -0.410. The third-order valence-electron chi connectivity index (χ3n) is 4.91. The monoisotopic (exact) mass is 420 g/mol. The maximum absolute atomic E-state index is 11.8. The summed E-state index contributed by atoms with van der Waals surface area (Å²) in [5, 5.41) is 10.3. The number of phenolic OH excluding ortho intramolecular Hbond substituents is 1. The standard InChI is InChI=1S/C23H32O5S/c1-2-3-4-5-6-7-8-9-11-14-19-17-21(24)23(22(18-19)29(25,26)27)28-20-15-12-10-13-16-20/h10,12-13,15-18,24H,2-9,11,14H2,1H3,(H,25,26,27). The fourth-order valence-electron chi connectivity index (χ4n) is 3.33. The molecule has 0 aliphatic rings. The van der Waals surface area contributed by atoms with E-state index in [1.807, 2.05) is 0 Å². The van der Waals surface area contributed by atoms with Crippen molar-refractivity contribution in [2.45, 2.75) is 76.0 Å². The van der Waals surface area contributed by atoms with Crippen LogP contribution in [-0.2, 0) is 16.5 Å². The molecule has 6 heteroatoms. The largest absolute Gasteiger partial charge is 0.504 e. The van der Waals surface area contributed by atoms with Gasteiger partial charge in [0.25, 0.3) is 10.1 Å². The fraction of sp³-hybridized carbons (Fsp3) is 0.478. The molecule has 29 heavy (non-hydrogen) atoms. The van der Waals surface area contributed by atoms with E-state index in [-0.39, 0.29) is 11.5 Å². The maximum atomic E-state index is 11.8. The van der Waals surface area contributed by atoms with Gasteiger partial charge in [-0.05, 0) is 42.7 Å². The second-order valence-electron chi connectivity index (χ2n) is 7.41. The lowest BCUT2D eigenvalue weighted by Crippen LogP contribution is -2.03. The summed E-state index contributed by atoms with van der Waals surface area (Å²) in [5.74, 6) is -0.177. The van der Waals surface area contributed by atoms with Gasteiger partial charge in [-0.3, -0.25) is 4.55 Å². The SMILES string of the molecule is CCCCCCCCCCCc1cc(O)c(Oc2ccccc2)c(S(=O)(=O)O)c1.